The molecule has 96 valence electrons. The monoisotopic (exact) mass is 228 g/mol. The summed E-state index contributed by atoms with van der Waals surface area (Å²) in [5.74, 6) is 0. The van der Waals surface area contributed by atoms with Crippen molar-refractivity contribution in [2.45, 2.75) is 52.2 Å². The molecule has 3 nitrogen and oxygen atoms in total. The first kappa shape index (κ1) is 13.9. The van der Waals surface area contributed by atoms with E-state index in [-0.39, 0.29) is 5.54 Å². The van der Waals surface area contributed by atoms with E-state index in [4.69, 9.17) is 4.74 Å². The van der Waals surface area contributed by atoms with Gasteiger partial charge in [-0.25, -0.2) is 0 Å². The van der Waals surface area contributed by atoms with Gasteiger partial charge in [-0.3, -0.25) is 4.90 Å². The van der Waals surface area contributed by atoms with E-state index in [1.54, 1.807) is 0 Å². The first-order valence-electron chi connectivity index (χ1n) is 6.60. The lowest BCUT2D eigenvalue weighted by Gasteiger charge is -2.26. The highest BCUT2D eigenvalue weighted by Gasteiger charge is 2.17. The molecule has 0 aromatic heterocycles. The van der Waals surface area contributed by atoms with Crippen LogP contribution < -0.4 is 5.32 Å². The quantitative estimate of drug-likeness (QED) is 0.795. The molecule has 16 heavy (non-hydrogen) atoms. The van der Waals surface area contributed by atoms with Crippen LogP contribution in [0.2, 0.25) is 0 Å². The molecule has 1 atom stereocenters. The highest BCUT2D eigenvalue weighted by molar-refractivity contribution is 4.74. The lowest BCUT2D eigenvalue weighted by atomic mass is 10.1. The molecule has 0 spiro atoms. The van der Waals surface area contributed by atoms with Crippen molar-refractivity contribution in [1.29, 1.82) is 0 Å². The topological polar surface area (TPSA) is 24.5 Å². The standard InChI is InChI=1S/C13H28N2O/c1-5-12-11-15(8-6-10-16-12)9-7-14-13(2,3)4/h12,14H,5-11H2,1-4H3. The maximum atomic E-state index is 5.77. The molecule has 1 fully saturated rings. The Morgan fingerprint density at radius 1 is 1.38 bits per heavy atom. The zero-order valence-electron chi connectivity index (χ0n) is 11.4. The van der Waals surface area contributed by atoms with E-state index in [0.29, 0.717) is 6.10 Å². The number of nitrogens with zero attached hydrogens (tertiary/aromatic N) is 1. The van der Waals surface area contributed by atoms with E-state index in [1.807, 2.05) is 0 Å². The SMILES string of the molecule is CCC1CN(CCNC(C)(C)C)CCCO1. The summed E-state index contributed by atoms with van der Waals surface area (Å²) < 4.78 is 5.77. The van der Waals surface area contributed by atoms with Gasteiger partial charge in [0.1, 0.15) is 0 Å². The van der Waals surface area contributed by atoms with Crippen LogP contribution in [0, 0.1) is 0 Å². The fourth-order valence-electron chi connectivity index (χ4n) is 2.01. The summed E-state index contributed by atoms with van der Waals surface area (Å²) in [5, 5.41) is 3.54. The maximum absolute atomic E-state index is 5.77. The first-order chi connectivity index (χ1) is 7.51. The van der Waals surface area contributed by atoms with Crippen molar-refractivity contribution in [2.75, 3.05) is 32.8 Å². The summed E-state index contributed by atoms with van der Waals surface area (Å²) in [5.41, 5.74) is 0.229. The van der Waals surface area contributed by atoms with Crippen LogP contribution in [0.25, 0.3) is 0 Å². The largest absolute Gasteiger partial charge is 0.377 e. The summed E-state index contributed by atoms with van der Waals surface area (Å²) in [4.78, 5) is 2.53. The Morgan fingerprint density at radius 2 is 2.12 bits per heavy atom. The van der Waals surface area contributed by atoms with Gasteiger partial charge in [0.2, 0.25) is 0 Å². The van der Waals surface area contributed by atoms with Crippen LogP contribution in [0.15, 0.2) is 0 Å². The summed E-state index contributed by atoms with van der Waals surface area (Å²) >= 11 is 0. The summed E-state index contributed by atoms with van der Waals surface area (Å²) in [7, 11) is 0. The molecule has 1 rings (SSSR count). The maximum Gasteiger partial charge on any atom is 0.0699 e. The minimum absolute atomic E-state index is 0.229. The van der Waals surface area contributed by atoms with Gasteiger partial charge in [-0.2, -0.15) is 0 Å². The van der Waals surface area contributed by atoms with Crippen molar-refractivity contribution in [3.05, 3.63) is 0 Å². The number of nitrogens with one attached hydrogen (secondary N) is 1. The van der Waals surface area contributed by atoms with Gasteiger partial charge >= 0.3 is 0 Å². The third-order valence-corrected chi connectivity index (χ3v) is 2.97. The predicted molar refractivity (Wildman–Crippen MR) is 68.8 cm³/mol. The van der Waals surface area contributed by atoms with Crippen molar-refractivity contribution in [3.63, 3.8) is 0 Å². The van der Waals surface area contributed by atoms with Crippen LogP contribution >= 0.6 is 0 Å². The number of ether oxygens (including phenoxy) is 1. The van der Waals surface area contributed by atoms with Crippen LogP contribution in [0.3, 0.4) is 0 Å². The Hall–Kier alpha value is -0.120. The second kappa shape index (κ2) is 6.58. The predicted octanol–water partition coefficient (Wildman–Crippen LogP) is 1.88. The smallest absolute Gasteiger partial charge is 0.0699 e. The average Bonchev–Trinajstić information content (AvgIpc) is 2.41. The molecule has 0 saturated carbocycles. The fraction of sp³-hybridized carbons (Fsp3) is 1.00. The normalized spacial score (nSPS) is 24.4. The van der Waals surface area contributed by atoms with Crippen LogP contribution in [0.5, 0.6) is 0 Å². The van der Waals surface area contributed by atoms with Crippen LogP contribution in [-0.4, -0.2) is 49.3 Å². The van der Waals surface area contributed by atoms with Gasteiger partial charge in [-0.15, -0.1) is 0 Å². The minimum Gasteiger partial charge on any atom is -0.377 e. The molecular formula is C13H28N2O. The highest BCUT2D eigenvalue weighted by atomic mass is 16.5. The van der Waals surface area contributed by atoms with Gasteiger partial charge in [-0.05, 0) is 33.6 Å². The van der Waals surface area contributed by atoms with Crippen molar-refractivity contribution < 1.29 is 4.74 Å². The second-order valence-corrected chi connectivity index (χ2v) is 5.73. The van der Waals surface area contributed by atoms with E-state index in [1.165, 1.54) is 13.0 Å². The molecule has 1 unspecified atom stereocenters. The zero-order chi connectivity index (χ0) is 12.0. The molecule has 1 heterocycles. The third-order valence-electron chi connectivity index (χ3n) is 2.97. The molecule has 0 aromatic rings. The Morgan fingerprint density at radius 3 is 2.75 bits per heavy atom. The summed E-state index contributed by atoms with van der Waals surface area (Å²) in [6.45, 7) is 14.3. The van der Waals surface area contributed by atoms with Gasteiger partial charge in [-0.1, -0.05) is 6.92 Å². The summed E-state index contributed by atoms with van der Waals surface area (Å²) in [6, 6.07) is 0. The second-order valence-electron chi connectivity index (χ2n) is 5.73. The molecule has 1 aliphatic rings. The average molecular weight is 228 g/mol. The molecule has 1 aliphatic heterocycles. The lowest BCUT2D eigenvalue weighted by Crippen LogP contribution is -2.42. The van der Waals surface area contributed by atoms with Crippen LogP contribution in [0.4, 0.5) is 0 Å². The van der Waals surface area contributed by atoms with Crippen molar-refractivity contribution in [2.24, 2.45) is 0 Å². The highest BCUT2D eigenvalue weighted by Crippen LogP contribution is 2.08. The summed E-state index contributed by atoms with van der Waals surface area (Å²) in [6.07, 6.45) is 2.74. The Balaban J connectivity index is 2.24. The van der Waals surface area contributed by atoms with Crippen molar-refractivity contribution in [1.82, 2.24) is 10.2 Å². The van der Waals surface area contributed by atoms with Crippen molar-refractivity contribution >= 4 is 0 Å². The molecule has 0 bridgehead atoms. The Bertz CT molecular complexity index is 189. The van der Waals surface area contributed by atoms with Crippen molar-refractivity contribution in [3.8, 4) is 0 Å². The van der Waals surface area contributed by atoms with Gasteiger partial charge in [0.25, 0.3) is 0 Å². The molecule has 3 heteroatoms. The molecule has 0 amide bonds. The fourth-order valence-corrected chi connectivity index (χ4v) is 2.01. The van der Waals surface area contributed by atoms with Crippen LogP contribution in [-0.2, 0) is 4.74 Å². The molecule has 1 N–H and O–H groups in total. The molecule has 0 aromatic carbocycles. The van der Waals surface area contributed by atoms with E-state index in [2.05, 4.69) is 37.9 Å². The first-order valence-corrected chi connectivity index (χ1v) is 6.60. The van der Waals surface area contributed by atoms with E-state index >= 15 is 0 Å². The van der Waals surface area contributed by atoms with Gasteiger partial charge in [0, 0.05) is 38.3 Å². The van der Waals surface area contributed by atoms with Gasteiger partial charge in [0.05, 0.1) is 6.10 Å². The minimum atomic E-state index is 0.229. The molecular weight excluding hydrogens is 200 g/mol. The van der Waals surface area contributed by atoms with E-state index < -0.39 is 0 Å². The number of hydrogen-bond donors (Lipinski definition) is 1. The Kier molecular flexibility index (Phi) is 5.73. The third kappa shape index (κ3) is 5.83. The van der Waals surface area contributed by atoms with E-state index in [9.17, 15) is 0 Å². The molecule has 0 aliphatic carbocycles. The van der Waals surface area contributed by atoms with E-state index in [0.717, 1.165) is 32.7 Å². The number of hydrogen-bond acceptors (Lipinski definition) is 3. The molecule has 0 radical (unpaired) electrons. The van der Waals surface area contributed by atoms with Crippen LogP contribution in [0.1, 0.15) is 40.5 Å². The lowest BCUT2D eigenvalue weighted by molar-refractivity contribution is 0.0519. The Labute approximate surface area is 101 Å². The zero-order valence-corrected chi connectivity index (χ0v) is 11.4. The number of rotatable bonds is 4. The van der Waals surface area contributed by atoms with Gasteiger partial charge in [0.15, 0.2) is 0 Å². The molecule has 1 saturated heterocycles. The van der Waals surface area contributed by atoms with Gasteiger partial charge < -0.3 is 10.1 Å².